The molecule has 1 fully saturated rings. The van der Waals surface area contributed by atoms with Crippen LogP contribution in [0.3, 0.4) is 0 Å². The maximum absolute atomic E-state index is 11.6. The molecule has 2 atom stereocenters. The van der Waals surface area contributed by atoms with Crippen molar-refractivity contribution in [2.45, 2.75) is 31.9 Å². The van der Waals surface area contributed by atoms with Crippen molar-refractivity contribution >= 4 is 12.0 Å². The molecule has 0 saturated carbocycles. The van der Waals surface area contributed by atoms with E-state index in [1.165, 1.54) is 0 Å². The number of nitrogens with zero attached hydrogens (tertiary/aromatic N) is 1. The highest BCUT2D eigenvalue weighted by Crippen LogP contribution is 2.01. The molecule has 110 valence electrons. The first kappa shape index (κ1) is 15.7. The van der Waals surface area contributed by atoms with E-state index in [1.54, 1.807) is 0 Å². The van der Waals surface area contributed by atoms with Crippen molar-refractivity contribution in [1.82, 2.24) is 15.5 Å². The fraction of sp³-hybridized carbons (Fsp3) is 0.833. The van der Waals surface area contributed by atoms with Gasteiger partial charge in [0.1, 0.15) is 6.04 Å². The molecule has 3 N–H and O–H groups in total. The second-order valence-corrected chi connectivity index (χ2v) is 4.79. The van der Waals surface area contributed by atoms with Crippen LogP contribution in [-0.2, 0) is 9.53 Å². The van der Waals surface area contributed by atoms with E-state index in [2.05, 4.69) is 15.5 Å². The molecule has 0 bridgehead atoms. The van der Waals surface area contributed by atoms with E-state index in [0.29, 0.717) is 26.0 Å². The molecular formula is C12H23N3O4. The zero-order valence-corrected chi connectivity index (χ0v) is 11.5. The van der Waals surface area contributed by atoms with E-state index >= 15 is 0 Å². The molecule has 1 heterocycles. The Morgan fingerprint density at radius 2 is 2.26 bits per heavy atom. The van der Waals surface area contributed by atoms with Gasteiger partial charge in [0, 0.05) is 19.6 Å². The highest BCUT2D eigenvalue weighted by Gasteiger charge is 2.21. The lowest BCUT2D eigenvalue weighted by Crippen LogP contribution is -2.50. The molecule has 1 aliphatic rings. The summed E-state index contributed by atoms with van der Waals surface area (Å²) >= 11 is 0. The Balaban J connectivity index is 2.28. The summed E-state index contributed by atoms with van der Waals surface area (Å²) in [5.41, 5.74) is 0. The molecule has 0 radical (unpaired) electrons. The summed E-state index contributed by atoms with van der Waals surface area (Å²) in [4.78, 5) is 24.6. The number of carboxylic acid groups (broad SMARTS) is 1. The van der Waals surface area contributed by atoms with Crippen molar-refractivity contribution in [3.8, 4) is 0 Å². The molecule has 1 aliphatic heterocycles. The maximum Gasteiger partial charge on any atom is 0.326 e. The normalized spacial score (nSPS) is 21.7. The lowest BCUT2D eigenvalue weighted by Gasteiger charge is -2.30. The Bertz CT molecular complexity index is 311. The van der Waals surface area contributed by atoms with Gasteiger partial charge in [-0.25, -0.2) is 9.59 Å². The summed E-state index contributed by atoms with van der Waals surface area (Å²) in [6.45, 7) is 4.56. The Morgan fingerprint density at radius 3 is 2.84 bits per heavy atom. The molecule has 1 unspecified atom stereocenters. The summed E-state index contributed by atoms with van der Waals surface area (Å²) in [6.07, 6.45) is 1.08. The Kier molecular flexibility index (Phi) is 6.58. The van der Waals surface area contributed by atoms with E-state index in [4.69, 9.17) is 9.84 Å². The Labute approximate surface area is 113 Å². The van der Waals surface area contributed by atoms with Gasteiger partial charge in [0.15, 0.2) is 0 Å². The summed E-state index contributed by atoms with van der Waals surface area (Å²) in [5, 5.41) is 14.0. The van der Waals surface area contributed by atoms with Crippen LogP contribution in [0.2, 0.25) is 0 Å². The van der Waals surface area contributed by atoms with Crippen LogP contribution in [0.15, 0.2) is 0 Å². The van der Waals surface area contributed by atoms with Gasteiger partial charge >= 0.3 is 12.0 Å². The predicted molar refractivity (Wildman–Crippen MR) is 70.1 cm³/mol. The lowest BCUT2D eigenvalue weighted by atomic mass is 10.2. The van der Waals surface area contributed by atoms with Crippen LogP contribution in [0, 0.1) is 0 Å². The van der Waals surface area contributed by atoms with Crippen molar-refractivity contribution in [1.29, 1.82) is 0 Å². The molecule has 0 spiro atoms. The zero-order chi connectivity index (χ0) is 14.3. The molecule has 0 aromatic heterocycles. The molecule has 2 amide bonds. The van der Waals surface area contributed by atoms with Gasteiger partial charge in [-0.15, -0.1) is 0 Å². The summed E-state index contributed by atoms with van der Waals surface area (Å²) in [5.74, 6) is -1.01. The van der Waals surface area contributed by atoms with E-state index in [0.717, 1.165) is 13.1 Å². The minimum Gasteiger partial charge on any atom is -0.480 e. The second-order valence-electron chi connectivity index (χ2n) is 4.79. The van der Waals surface area contributed by atoms with Gasteiger partial charge in [-0.05, 0) is 13.5 Å². The van der Waals surface area contributed by atoms with Crippen molar-refractivity contribution < 1.29 is 19.4 Å². The molecule has 0 aromatic carbocycles. The molecule has 19 heavy (non-hydrogen) atoms. The number of likely N-dealkylation sites (N-methyl/N-ethyl adjacent to an activating group) is 1. The minimum absolute atomic E-state index is 0.0426. The van der Waals surface area contributed by atoms with Crippen LogP contribution < -0.4 is 10.6 Å². The highest BCUT2D eigenvalue weighted by molar-refractivity contribution is 5.82. The number of ether oxygens (including phenoxy) is 1. The third kappa shape index (κ3) is 5.89. The molecule has 1 saturated heterocycles. The number of nitrogens with one attached hydrogen (secondary N) is 2. The lowest BCUT2D eigenvalue weighted by molar-refractivity contribution is -0.139. The fourth-order valence-electron chi connectivity index (χ4n) is 1.95. The Morgan fingerprint density at radius 1 is 1.53 bits per heavy atom. The van der Waals surface area contributed by atoms with Crippen molar-refractivity contribution in [2.75, 3.05) is 33.3 Å². The molecule has 0 aromatic rings. The number of amides is 2. The van der Waals surface area contributed by atoms with Crippen molar-refractivity contribution in [3.05, 3.63) is 0 Å². The van der Waals surface area contributed by atoms with Crippen LogP contribution in [0.4, 0.5) is 4.79 Å². The van der Waals surface area contributed by atoms with Gasteiger partial charge in [-0.1, -0.05) is 13.3 Å². The number of hydrogen-bond donors (Lipinski definition) is 3. The SMILES string of the molecule is CCC[C@H](NC(=O)NCC1CN(C)CCO1)C(=O)O. The van der Waals surface area contributed by atoms with Gasteiger partial charge in [-0.2, -0.15) is 0 Å². The monoisotopic (exact) mass is 273 g/mol. The first-order chi connectivity index (χ1) is 9.02. The van der Waals surface area contributed by atoms with Crippen molar-refractivity contribution in [3.63, 3.8) is 0 Å². The van der Waals surface area contributed by atoms with E-state index in [9.17, 15) is 9.59 Å². The van der Waals surface area contributed by atoms with Gasteiger partial charge in [0.25, 0.3) is 0 Å². The first-order valence-corrected chi connectivity index (χ1v) is 6.60. The predicted octanol–water partition coefficient (Wildman–Crippen LogP) is -0.130. The van der Waals surface area contributed by atoms with E-state index in [-0.39, 0.29) is 6.10 Å². The quantitative estimate of drug-likeness (QED) is 0.627. The van der Waals surface area contributed by atoms with E-state index < -0.39 is 18.0 Å². The van der Waals surface area contributed by atoms with Crippen molar-refractivity contribution in [2.24, 2.45) is 0 Å². The molecule has 7 heteroatoms. The number of morpholine rings is 1. The number of urea groups is 1. The first-order valence-electron chi connectivity index (χ1n) is 6.60. The second kappa shape index (κ2) is 7.96. The molecule has 7 nitrogen and oxygen atoms in total. The zero-order valence-electron chi connectivity index (χ0n) is 11.5. The number of rotatable bonds is 6. The van der Waals surface area contributed by atoms with Gasteiger partial charge in [0.2, 0.25) is 0 Å². The highest BCUT2D eigenvalue weighted by atomic mass is 16.5. The molecule has 0 aliphatic carbocycles. The largest absolute Gasteiger partial charge is 0.480 e. The summed E-state index contributed by atoms with van der Waals surface area (Å²) < 4.78 is 5.50. The molecule has 1 rings (SSSR count). The molecular weight excluding hydrogens is 250 g/mol. The smallest absolute Gasteiger partial charge is 0.326 e. The standard InChI is InChI=1S/C12H23N3O4/c1-3-4-10(11(16)17)14-12(18)13-7-9-8-15(2)5-6-19-9/h9-10H,3-8H2,1-2H3,(H,16,17)(H2,13,14,18)/t9?,10-/m0/s1. The van der Waals surface area contributed by atoms with Crippen LogP contribution in [-0.4, -0.2) is 67.4 Å². The number of hydrogen-bond acceptors (Lipinski definition) is 4. The average molecular weight is 273 g/mol. The fourth-order valence-corrected chi connectivity index (χ4v) is 1.95. The van der Waals surface area contributed by atoms with Gasteiger partial charge in [0.05, 0.1) is 12.7 Å². The third-order valence-corrected chi connectivity index (χ3v) is 3.01. The minimum atomic E-state index is -1.01. The van der Waals surface area contributed by atoms with Crippen LogP contribution in [0.25, 0.3) is 0 Å². The summed E-state index contributed by atoms with van der Waals surface area (Å²) in [7, 11) is 2.00. The van der Waals surface area contributed by atoms with Gasteiger partial charge in [-0.3, -0.25) is 0 Å². The summed E-state index contributed by atoms with van der Waals surface area (Å²) in [6, 6.07) is -1.29. The maximum atomic E-state index is 11.6. The number of carbonyl (C=O) groups excluding carboxylic acids is 1. The topological polar surface area (TPSA) is 90.9 Å². The van der Waals surface area contributed by atoms with Crippen LogP contribution in [0.5, 0.6) is 0 Å². The van der Waals surface area contributed by atoms with Crippen LogP contribution >= 0.6 is 0 Å². The number of aliphatic carboxylic acids is 1. The third-order valence-electron chi connectivity index (χ3n) is 3.01. The Hall–Kier alpha value is -1.34. The van der Waals surface area contributed by atoms with E-state index in [1.807, 2.05) is 14.0 Å². The average Bonchev–Trinajstić information content (AvgIpc) is 2.36. The number of carbonyl (C=O) groups is 2. The van der Waals surface area contributed by atoms with Gasteiger partial charge < -0.3 is 25.4 Å². The number of carboxylic acids is 1. The van der Waals surface area contributed by atoms with Crippen LogP contribution in [0.1, 0.15) is 19.8 Å².